The molecule has 0 unspecified atom stereocenters. The zero-order valence-electron chi connectivity index (χ0n) is 22.4. The molecule has 0 amide bonds. The van der Waals surface area contributed by atoms with Gasteiger partial charge in [0.1, 0.15) is 0 Å². The number of Topliss-reactive ketones (excluding diaryl/α,β-unsaturated/α-hetero) is 1. The molecule has 0 aliphatic rings. The Kier molecular flexibility index (Phi) is 10.6. The van der Waals surface area contributed by atoms with E-state index in [1.807, 2.05) is 113 Å². The average Bonchev–Trinajstić information content (AvgIpc) is 2.89. The highest BCUT2D eigenvalue weighted by Gasteiger charge is 2.37. The van der Waals surface area contributed by atoms with E-state index in [0.717, 1.165) is 27.9 Å². The third-order valence-electron chi connectivity index (χ3n) is 6.21. The first-order chi connectivity index (χ1) is 17.6. The van der Waals surface area contributed by atoms with Crippen LogP contribution in [0.2, 0.25) is 0 Å². The van der Waals surface area contributed by atoms with Gasteiger partial charge < -0.3 is 9.46 Å². The first kappa shape index (κ1) is 30.5. The summed E-state index contributed by atoms with van der Waals surface area (Å²) < 4.78 is 14.2. The zero-order chi connectivity index (χ0) is 27.2. The molecule has 0 aliphatic heterocycles. The minimum Gasteiger partial charge on any atom is -0.378 e. The van der Waals surface area contributed by atoms with Crippen LogP contribution >= 0.6 is 7.14 Å². The van der Waals surface area contributed by atoms with Crippen molar-refractivity contribution in [2.45, 2.75) is 35.1 Å². The number of ketones is 1. The van der Waals surface area contributed by atoms with Crippen molar-refractivity contribution in [1.82, 2.24) is 0 Å². The van der Waals surface area contributed by atoms with Gasteiger partial charge in [-0.25, -0.2) is 0 Å². The molecule has 0 aliphatic carbocycles. The first-order valence-corrected chi connectivity index (χ1v) is 13.9. The van der Waals surface area contributed by atoms with E-state index in [1.54, 1.807) is 31.2 Å². The number of nitrogens with zero attached hydrogens (tertiary/aromatic N) is 1. The number of hydrogen-bond donors (Lipinski definition) is 0. The van der Waals surface area contributed by atoms with Gasteiger partial charge in [0.2, 0.25) is 12.7 Å². The van der Waals surface area contributed by atoms with Gasteiger partial charge in [-0.2, -0.15) is 0 Å². The lowest BCUT2D eigenvalue weighted by Crippen LogP contribution is -2.23. The molecule has 0 saturated heterocycles. The van der Waals surface area contributed by atoms with E-state index < -0.39 is 7.14 Å². The SMILES string of the molecule is C.CC(=O)c1ccc(N(C)C)cc1.Cc1cc(C)c(C(=O)P(=O)(c2ccccc2)c2ccccc2)c(C)c1. The molecule has 0 radical (unpaired) electrons. The molecule has 4 rings (SSSR count). The summed E-state index contributed by atoms with van der Waals surface area (Å²) in [5.41, 5.74) is 4.99. The summed E-state index contributed by atoms with van der Waals surface area (Å²) in [5.74, 6) is 0.111. The normalized spacial score (nSPS) is 10.5. The number of rotatable bonds is 6. The van der Waals surface area contributed by atoms with E-state index in [-0.39, 0.29) is 18.7 Å². The van der Waals surface area contributed by atoms with Gasteiger partial charge in [0.15, 0.2) is 5.78 Å². The Morgan fingerprint density at radius 1 is 0.684 bits per heavy atom. The molecule has 4 nitrogen and oxygen atoms in total. The fourth-order valence-electron chi connectivity index (χ4n) is 4.33. The van der Waals surface area contributed by atoms with Crippen molar-refractivity contribution in [2.75, 3.05) is 19.0 Å². The third-order valence-corrected chi connectivity index (χ3v) is 9.05. The molecule has 0 spiro atoms. The van der Waals surface area contributed by atoms with Crippen molar-refractivity contribution in [3.05, 3.63) is 125 Å². The van der Waals surface area contributed by atoms with Crippen LogP contribution in [0.3, 0.4) is 0 Å². The monoisotopic (exact) mass is 527 g/mol. The second-order valence-corrected chi connectivity index (χ2v) is 12.0. The maximum atomic E-state index is 14.2. The molecule has 0 aromatic heterocycles. The minimum atomic E-state index is -3.44. The zero-order valence-corrected chi connectivity index (χ0v) is 23.3. The molecular weight excluding hydrogens is 489 g/mol. The van der Waals surface area contributed by atoms with Crippen LogP contribution in [0.1, 0.15) is 51.8 Å². The van der Waals surface area contributed by atoms with Gasteiger partial charge in [0, 0.05) is 41.5 Å². The van der Waals surface area contributed by atoms with Crippen molar-refractivity contribution in [3.8, 4) is 0 Å². The van der Waals surface area contributed by atoms with Gasteiger partial charge in [-0.05, 0) is 63.1 Å². The molecule has 38 heavy (non-hydrogen) atoms. The summed E-state index contributed by atoms with van der Waals surface area (Å²) in [7, 11) is 0.505. The quantitative estimate of drug-likeness (QED) is 0.194. The van der Waals surface area contributed by atoms with E-state index in [1.165, 1.54) is 0 Å². The van der Waals surface area contributed by atoms with Crippen molar-refractivity contribution >= 4 is 34.7 Å². The standard InChI is InChI=1S/C22H21O2P.C10H13NO.CH4/c1-16-14-17(2)21(18(3)15-16)22(23)25(24,19-10-6-4-7-11-19)20-12-8-5-9-13-20;1-8(12)9-4-6-10(7-5-9)11(2)3;/h4-15H,1-3H3;4-7H,1-3H3;1H4. The molecule has 4 aromatic carbocycles. The number of benzene rings is 4. The molecule has 0 N–H and O–H groups in total. The highest BCUT2D eigenvalue weighted by molar-refractivity contribution is 7.93. The average molecular weight is 528 g/mol. The van der Waals surface area contributed by atoms with Crippen LogP contribution in [0.25, 0.3) is 0 Å². The Balaban J connectivity index is 0.000000330. The molecule has 0 bridgehead atoms. The van der Waals surface area contributed by atoms with E-state index in [0.29, 0.717) is 16.2 Å². The van der Waals surface area contributed by atoms with E-state index in [9.17, 15) is 14.2 Å². The lowest BCUT2D eigenvalue weighted by Gasteiger charge is -2.20. The smallest absolute Gasteiger partial charge is 0.230 e. The van der Waals surface area contributed by atoms with Crippen LogP contribution in [-0.4, -0.2) is 25.4 Å². The van der Waals surface area contributed by atoms with Gasteiger partial charge >= 0.3 is 0 Å². The molecule has 4 aromatic rings. The molecule has 0 atom stereocenters. The van der Waals surface area contributed by atoms with Crippen molar-refractivity contribution in [3.63, 3.8) is 0 Å². The van der Waals surface area contributed by atoms with E-state index in [2.05, 4.69) is 0 Å². The Bertz CT molecular complexity index is 1360. The largest absolute Gasteiger partial charge is 0.378 e. The van der Waals surface area contributed by atoms with Crippen LogP contribution in [0.4, 0.5) is 5.69 Å². The number of hydrogen-bond acceptors (Lipinski definition) is 4. The summed E-state index contributed by atoms with van der Waals surface area (Å²) in [5, 5.41) is 1.15. The summed E-state index contributed by atoms with van der Waals surface area (Å²) >= 11 is 0. The highest BCUT2D eigenvalue weighted by Crippen LogP contribution is 2.47. The van der Waals surface area contributed by atoms with Crippen LogP contribution < -0.4 is 15.5 Å². The second-order valence-electron chi connectivity index (χ2n) is 9.36. The molecule has 0 fully saturated rings. The van der Waals surface area contributed by atoms with Crippen molar-refractivity contribution in [2.24, 2.45) is 0 Å². The Morgan fingerprint density at radius 3 is 1.47 bits per heavy atom. The Morgan fingerprint density at radius 2 is 1.11 bits per heavy atom. The van der Waals surface area contributed by atoms with Gasteiger partial charge in [-0.3, -0.25) is 9.59 Å². The highest BCUT2D eigenvalue weighted by atomic mass is 31.2. The summed E-state index contributed by atoms with van der Waals surface area (Å²) in [4.78, 5) is 26.5. The lowest BCUT2D eigenvalue weighted by atomic mass is 10.0. The van der Waals surface area contributed by atoms with Crippen molar-refractivity contribution < 1.29 is 14.2 Å². The molecule has 5 heteroatoms. The molecule has 198 valence electrons. The maximum Gasteiger partial charge on any atom is 0.230 e. The topological polar surface area (TPSA) is 54.5 Å². The van der Waals surface area contributed by atoms with E-state index in [4.69, 9.17) is 0 Å². The first-order valence-electron chi connectivity index (χ1n) is 12.2. The molecular formula is C33H38NO3P. The van der Waals surface area contributed by atoms with Crippen LogP contribution in [-0.2, 0) is 4.57 Å². The number of anilines is 1. The molecule has 0 heterocycles. The number of carbonyl (C=O) groups is 2. The van der Waals surface area contributed by atoms with Gasteiger partial charge in [0.25, 0.3) is 0 Å². The minimum absolute atomic E-state index is 0. The maximum absolute atomic E-state index is 14.2. The lowest BCUT2D eigenvalue weighted by molar-refractivity contribution is 0.101. The third kappa shape index (κ3) is 6.76. The van der Waals surface area contributed by atoms with Gasteiger partial charge in [-0.15, -0.1) is 0 Å². The predicted molar refractivity (Wildman–Crippen MR) is 162 cm³/mol. The summed E-state index contributed by atoms with van der Waals surface area (Å²) in [6.07, 6.45) is 0. The number of carbonyl (C=O) groups excluding carboxylic acids is 2. The summed E-state index contributed by atoms with van der Waals surface area (Å²) in [6, 6.07) is 29.7. The number of aryl methyl sites for hydroxylation is 3. The van der Waals surface area contributed by atoms with Crippen LogP contribution in [0.5, 0.6) is 0 Å². The summed E-state index contributed by atoms with van der Waals surface area (Å²) in [6.45, 7) is 7.40. The van der Waals surface area contributed by atoms with E-state index >= 15 is 0 Å². The van der Waals surface area contributed by atoms with Gasteiger partial charge in [0.05, 0.1) is 0 Å². The molecule has 0 saturated carbocycles. The second kappa shape index (κ2) is 13.2. The predicted octanol–water partition coefficient (Wildman–Crippen LogP) is 7.36. The fourth-order valence-corrected chi connectivity index (χ4v) is 6.95. The van der Waals surface area contributed by atoms with Crippen LogP contribution in [0.15, 0.2) is 97.1 Å². The Labute approximate surface area is 227 Å². The Hall–Kier alpha value is -3.75. The van der Waals surface area contributed by atoms with Crippen molar-refractivity contribution in [1.29, 1.82) is 0 Å². The van der Waals surface area contributed by atoms with Gasteiger partial charge in [-0.1, -0.05) is 85.8 Å². The fraction of sp³-hybridized carbons (Fsp3) is 0.212. The van der Waals surface area contributed by atoms with Crippen LogP contribution in [0, 0.1) is 20.8 Å².